The molecule has 0 spiro atoms. The van der Waals surface area contributed by atoms with Gasteiger partial charge in [0.1, 0.15) is 4.88 Å². The van der Waals surface area contributed by atoms with Crippen molar-refractivity contribution in [3.05, 3.63) is 15.6 Å². The molecule has 6 heteroatoms. The summed E-state index contributed by atoms with van der Waals surface area (Å²) in [5.41, 5.74) is 0.818. The van der Waals surface area contributed by atoms with Crippen LogP contribution < -0.4 is 0 Å². The standard InChI is InChI=1S/C16H24N2O3S/c19-10-7-12-3-1-2-8-18(12)9-6-13-17-14(11-4-5-11)15(22-13)16(20)21/h11-12,19H,1-10H2,(H,20,21). The fourth-order valence-corrected chi connectivity index (χ4v) is 4.32. The number of aliphatic hydroxyl groups excluding tert-OH is 1. The number of rotatable bonds is 7. The predicted octanol–water partition coefficient (Wildman–Crippen LogP) is 2.50. The van der Waals surface area contributed by atoms with Gasteiger partial charge in [-0.25, -0.2) is 9.78 Å². The zero-order chi connectivity index (χ0) is 15.5. The van der Waals surface area contributed by atoms with Crippen LogP contribution in [0, 0.1) is 0 Å². The number of carboxylic acid groups (broad SMARTS) is 1. The summed E-state index contributed by atoms with van der Waals surface area (Å²) in [5.74, 6) is -0.449. The van der Waals surface area contributed by atoms with E-state index in [2.05, 4.69) is 9.88 Å². The zero-order valence-electron chi connectivity index (χ0n) is 12.8. The highest BCUT2D eigenvalue weighted by Gasteiger charge is 2.32. The highest BCUT2D eigenvalue weighted by atomic mass is 32.1. The van der Waals surface area contributed by atoms with E-state index < -0.39 is 5.97 Å². The summed E-state index contributed by atoms with van der Waals surface area (Å²) in [6.45, 7) is 2.24. The van der Waals surface area contributed by atoms with E-state index in [1.165, 1.54) is 24.2 Å². The molecule has 1 aliphatic carbocycles. The topological polar surface area (TPSA) is 73.7 Å². The molecule has 122 valence electrons. The maximum absolute atomic E-state index is 11.3. The second-order valence-corrected chi connectivity index (χ2v) is 7.43. The second-order valence-electron chi connectivity index (χ2n) is 6.35. The number of piperidine rings is 1. The van der Waals surface area contributed by atoms with Crippen molar-refractivity contribution >= 4 is 17.3 Å². The fraction of sp³-hybridized carbons (Fsp3) is 0.750. The molecule has 22 heavy (non-hydrogen) atoms. The lowest BCUT2D eigenvalue weighted by Gasteiger charge is -2.35. The van der Waals surface area contributed by atoms with E-state index in [9.17, 15) is 15.0 Å². The SMILES string of the molecule is O=C(O)c1sc(CCN2CCCCC2CCO)nc1C1CC1. The highest BCUT2D eigenvalue weighted by Crippen LogP contribution is 2.42. The second kappa shape index (κ2) is 7.06. The molecule has 0 aromatic carbocycles. The first kappa shape index (κ1) is 15.9. The van der Waals surface area contributed by atoms with Crippen molar-refractivity contribution in [2.24, 2.45) is 0 Å². The van der Waals surface area contributed by atoms with E-state index in [4.69, 9.17) is 0 Å². The van der Waals surface area contributed by atoms with Gasteiger partial charge in [-0.05, 0) is 38.6 Å². The third-order valence-corrected chi connectivity index (χ3v) is 5.80. The van der Waals surface area contributed by atoms with Gasteiger partial charge in [0, 0.05) is 31.5 Å². The minimum Gasteiger partial charge on any atom is -0.477 e. The molecule has 1 unspecified atom stereocenters. The Morgan fingerprint density at radius 3 is 2.82 bits per heavy atom. The molecule has 5 nitrogen and oxygen atoms in total. The van der Waals surface area contributed by atoms with Gasteiger partial charge in [-0.1, -0.05) is 6.42 Å². The average molecular weight is 324 g/mol. The Kier molecular flexibility index (Phi) is 5.10. The van der Waals surface area contributed by atoms with Gasteiger partial charge >= 0.3 is 5.97 Å². The Labute approximate surface area is 135 Å². The molecular formula is C16H24N2O3S. The van der Waals surface area contributed by atoms with Gasteiger partial charge in [-0.15, -0.1) is 11.3 Å². The monoisotopic (exact) mass is 324 g/mol. The number of carboxylic acids is 1. The van der Waals surface area contributed by atoms with Crippen LogP contribution in [-0.2, 0) is 6.42 Å². The molecule has 1 saturated heterocycles. The van der Waals surface area contributed by atoms with Crippen LogP contribution in [0.3, 0.4) is 0 Å². The number of hydrogen-bond donors (Lipinski definition) is 2. The summed E-state index contributed by atoms with van der Waals surface area (Å²) in [4.78, 5) is 18.8. The molecule has 1 aromatic rings. The molecule has 0 bridgehead atoms. The first-order valence-electron chi connectivity index (χ1n) is 8.27. The number of likely N-dealkylation sites (tertiary alicyclic amines) is 1. The molecule has 2 aliphatic rings. The van der Waals surface area contributed by atoms with Gasteiger partial charge in [0.25, 0.3) is 0 Å². The number of hydrogen-bond acceptors (Lipinski definition) is 5. The normalized spacial score (nSPS) is 22.9. The van der Waals surface area contributed by atoms with E-state index in [0.29, 0.717) is 16.8 Å². The van der Waals surface area contributed by atoms with Gasteiger partial charge in [0.2, 0.25) is 0 Å². The molecular weight excluding hydrogens is 300 g/mol. The maximum atomic E-state index is 11.3. The molecule has 0 radical (unpaired) electrons. The quantitative estimate of drug-likeness (QED) is 0.806. The summed E-state index contributed by atoms with van der Waals surface area (Å²) >= 11 is 1.35. The molecule has 1 aromatic heterocycles. The average Bonchev–Trinajstić information content (AvgIpc) is 3.26. The Balaban J connectivity index is 1.63. The Hall–Kier alpha value is -0.980. The van der Waals surface area contributed by atoms with Gasteiger partial charge in [-0.2, -0.15) is 0 Å². The molecule has 1 saturated carbocycles. The van der Waals surface area contributed by atoms with Crippen LogP contribution in [0.15, 0.2) is 0 Å². The zero-order valence-corrected chi connectivity index (χ0v) is 13.6. The highest BCUT2D eigenvalue weighted by molar-refractivity contribution is 7.13. The molecule has 2 heterocycles. The first-order chi connectivity index (χ1) is 10.7. The molecule has 3 rings (SSSR count). The maximum Gasteiger partial charge on any atom is 0.347 e. The van der Waals surface area contributed by atoms with Crippen molar-refractivity contribution in [3.8, 4) is 0 Å². The lowest BCUT2D eigenvalue weighted by molar-refractivity contribution is 0.0700. The van der Waals surface area contributed by atoms with E-state index in [0.717, 1.165) is 55.9 Å². The van der Waals surface area contributed by atoms with Crippen LogP contribution in [0.5, 0.6) is 0 Å². The van der Waals surface area contributed by atoms with Crippen molar-refractivity contribution in [2.75, 3.05) is 19.7 Å². The van der Waals surface area contributed by atoms with Gasteiger partial charge < -0.3 is 10.2 Å². The van der Waals surface area contributed by atoms with E-state index in [1.807, 2.05) is 0 Å². The number of aliphatic hydroxyl groups is 1. The van der Waals surface area contributed by atoms with Gasteiger partial charge in [-0.3, -0.25) is 4.90 Å². The lowest BCUT2D eigenvalue weighted by atomic mass is 9.99. The minimum absolute atomic E-state index is 0.243. The van der Waals surface area contributed by atoms with Crippen LogP contribution in [0.25, 0.3) is 0 Å². The number of aromatic carboxylic acids is 1. The van der Waals surface area contributed by atoms with Gasteiger partial charge in [0.05, 0.1) is 10.7 Å². The third-order valence-electron chi connectivity index (χ3n) is 4.68. The fourth-order valence-electron chi connectivity index (χ4n) is 3.34. The van der Waals surface area contributed by atoms with Crippen molar-refractivity contribution in [2.45, 2.75) is 56.9 Å². The minimum atomic E-state index is -0.832. The van der Waals surface area contributed by atoms with Crippen molar-refractivity contribution in [1.82, 2.24) is 9.88 Å². The summed E-state index contributed by atoms with van der Waals surface area (Å²) in [5, 5.41) is 19.5. The van der Waals surface area contributed by atoms with E-state index >= 15 is 0 Å². The Morgan fingerprint density at radius 1 is 1.32 bits per heavy atom. The van der Waals surface area contributed by atoms with Gasteiger partial charge in [0.15, 0.2) is 0 Å². The van der Waals surface area contributed by atoms with Crippen LogP contribution in [-0.4, -0.2) is 51.8 Å². The van der Waals surface area contributed by atoms with Crippen LogP contribution in [0.4, 0.5) is 0 Å². The van der Waals surface area contributed by atoms with Crippen molar-refractivity contribution in [1.29, 1.82) is 0 Å². The largest absolute Gasteiger partial charge is 0.477 e. The smallest absolute Gasteiger partial charge is 0.347 e. The summed E-state index contributed by atoms with van der Waals surface area (Å²) in [7, 11) is 0. The molecule has 0 amide bonds. The Bertz CT molecular complexity index is 525. The number of carbonyl (C=O) groups is 1. The van der Waals surface area contributed by atoms with Crippen LogP contribution in [0.1, 0.15) is 64.8 Å². The number of nitrogens with zero attached hydrogens (tertiary/aromatic N) is 2. The lowest BCUT2D eigenvalue weighted by Crippen LogP contribution is -2.41. The third kappa shape index (κ3) is 3.67. The van der Waals surface area contributed by atoms with Crippen LogP contribution >= 0.6 is 11.3 Å². The molecule has 1 atom stereocenters. The summed E-state index contributed by atoms with van der Waals surface area (Å²) < 4.78 is 0. The Morgan fingerprint density at radius 2 is 2.14 bits per heavy atom. The molecule has 1 aliphatic heterocycles. The molecule has 2 N–H and O–H groups in total. The number of aromatic nitrogens is 1. The van der Waals surface area contributed by atoms with Crippen molar-refractivity contribution < 1.29 is 15.0 Å². The van der Waals surface area contributed by atoms with Crippen LogP contribution in [0.2, 0.25) is 0 Å². The number of thiazole rings is 1. The van der Waals surface area contributed by atoms with E-state index in [-0.39, 0.29) is 6.61 Å². The van der Waals surface area contributed by atoms with E-state index in [1.54, 1.807) is 0 Å². The first-order valence-corrected chi connectivity index (χ1v) is 9.08. The van der Waals surface area contributed by atoms with Crippen molar-refractivity contribution in [3.63, 3.8) is 0 Å². The summed E-state index contributed by atoms with van der Waals surface area (Å²) in [6, 6.07) is 0.473. The molecule has 2 fully saturated rings. The summed E-state index contributed by atoms with van der Waals surface area (Å²) in [6.07, 6.45) is 7.43. The predicted molar refractivity (Wildman–Crippen MR) is 85.7 cm³/mol.